The number of hydrogen-bond donors (Lipinski definition) is 2. The lowest BCUT2D eigenvalue weighted by Gasteiger charge is -2.19. The molecular weight excluding hydrogens is 362 g/mol. The van der Waals surface area contributed by atoms with E-state index in [9.17, 15) is 10.2 Å². The smallest absolute Gasteiger partial charge is 0.185 e. The van der Waals surface area contributed by atoms with Gasteiger partial charge in [0.25, 0.3) is 0 Å². The second kappa shape index (κ2) is 7.09. The van der Waals surface area contributed by atoms with Gasteiger partial charge in [-0.3, -0.25) is 0 Å². The van der Waals surface area contributed by atoms with Crippen molar-refractivity contribution in [1.82, 2.24) is 14.8 Å². The van der Waals surface area contributed by atoms with Gasteiger partial charge in [-0.2, -0.15) is 0 Å². The zero-order chi connectivity index (χ0) is 20.6. The summed E-state index contributed by atoms with van der Waals surface area (Å²) in [6, 6.07) is 22.1. The van der Waals surface area contributed by atoms with Gasteiger partial charge in [0.1, 0.15) is 11.5 Å². The summed E-state index contributed by atoms with van der Waals surface area (Å²) >= 11 is 0. The average Bonchev–Trinajstić information content (AvgIpc) is 3.13. The maximum atomic E-state index is 10.4. The van der Waals surface area contributed by atoms with Crippen molar-refractivity contribution >= 4 is 0 Å². The standard InChI is InChI=1S/C24H23N3O2/c1-24(2,3)16-12-14-17(15-13-16)27-23(19-9-5-7-11-21(19)29)25-22(26-27)18-8-4-6-10-20(18)28/h4-15,28-29H,1-3H3. The quantitative estimate of drug-likeness (QED) is 0.501. The first-order valence-corrected chi connectivity index (χ1v) is 9.49. The molecule has 5 heteroatoms. The summed E-state index contributed by atoms with van der Waals surface area (Å²) in [6.45, 7) is 6.50. The molecule has 0 atom stereocenters. The number of para-hydroxylation sites is 2. The summed E-state index contributed by atoms with van der Waals surface area (Å²) in [5, 5.41) is 25.3. The Kier molecular flexibility index (Phi) is 4.59. The molecule has 0 bridgehead atoms. The van der Waals surface area contributed by atoms with Gasteiger partial charge in [0.15, 0.2) is 11.6 Å². The second-order valence-electron chi connectivity index (χ2n) is 8.00. The van der Waals surface area contributed by atoms with E-state index in [4.69, 9.17) is 0 Å². The first-order chi connectivity index (χ1) is 13.8. The number of phenols is 2. The molecule has 0 saturated heterocycles. The van der Waals surface area contributed by atoms with E-state index in [1.807, 2.05) is 24.3 Å². The van der Waals surface area contributed by atoms with E-state index in [-0.39, 0.29) is 16.9 Å². The molecule has 4 aromatic rings. The van der Waals surface area contributed by atoms with E-state index >= 15 is 0 Å². The molecule has 0 aliphatic rings. The van der Waals surface area contributed by atoms with E-state index in [1.165, 1.54) is 5.56 Å². The first kappa shape index (κ1) is 18.7. The normalized spacial score (nSPS) is 11.6. The molecular formula is C24H23N3O2. The SMILES string of the molecule is CC(C)(C)c1ccc(-n2nc(-c3ccccc3O)nc2-c2ccccc2O)cc1. The molecule has 29 heavy (non-hydrogen) atoms. The Bertz CT molecular complexity index is 1160. The number of aromatic nitrogens is 3. The maximum Gasteiger partial charge on any atom is 0.185 e. The molecule has 0 spiro atoms. The van der Waals surface area contributed by atoms with Crippen molar-refractivity contribution in [3.05, 3.63) is 78.4 Å². The number of nitrogens with zero attached hydrogens (tertiary/aromatic N) is 3. The molecule has 0 radical (unpaired) electrons. The molecule has 1 heterocycles. The highest BCUT2D eigenvalue weighted by Gasteiger charge is 2.20. The fraction of sp³-hybridized carbons (Fsp3) is 0.167. The van der Waals surface area contributed by atoms with Crippen LogP contribution in [-0.4, -0.2) is 25.0 Å². The zero-order valence-electron chi connectivity index (χ0n) is 16.7. The predicted octanol–water partition coefficient (Wildman–Crippen LogP) is 5.31. The van der Waals surface area contributed by atoms with E-state index < -0.39 is 0 Å². The lowest BCUT2D eigenvalue weighted by atomic mass is 9.87. The molecule has 0 aliphatic carbocycles. The summed E-state index contributed by atoms with van der Waals surface area (Å²) < 4.78 is 1.70. The van der Waals surface area contributed by atoms with Crippen LogP contribution in [0, 0.1) is 0 Å². The Morgan fingerprint density at radius 1 is 0.724 bits per heavy atom. The van der Waals surface area contributed by atoms with Gasteiger partial charge in [0.2, 0.25) is 0 Å². The van der Waals surface area contributed by atoms with Gasteiger partial charge in [-0.05, 0) is 47.4 Å². The number of hydrogen-bond acceptors (Lipinski definition) is 4. The Labute approximate surface area is 169 Å². The molecule has 146 valence electrons. The van der Waals surface area contributed by atoms with Gasteiger partial charge in [-0.15, -0.1) is 5.10 Å². The van der Waals surface area contributed by atoms with Crippen molar-refractivity contribution in [2.45, 2.75) is 26.2 Å². The fourth-order valence-corrected chi connectivity index (χ4v) is 3.21. The molecule has 0 unspecified atom stereocenters. The summed E-state index contributed by atoms with van der Waals surface area (Å²) in [4.78, 5) is 4.65. The Hall–Kier alpha value is -3.60. The van der Waals surface area contributed by atoms with Crippen molar-refractivity contribution < 1.29 is 10.2 Å². The van der Waals surface area contributed by atoms with Crippen LogP contribution in [0.2, 0.25) is 0 Å². The van der Waals surface area contributed by atoms with E-state index in [0.29, 0.717) is 22.8 Å². The van der Waals surface area contributed by atoms with Crippen LogP contribution in [0.5, 0.6) is 11.5 Å². The lowest BCUT2D eigenvalue weighted by molar-refractivity contribution is 0.476. The molecule has 1 aromatic heterocycles. The van der Waals surface area contributed by atoms with Crippen LogP contribution in [0.15, 0.2) is 72.8 Å². The largest absolute Gasteiger partial charge is 0.507 e. The van der Waals surface area contributed by atoms with E-state index in [1.54, 1.807) is 41.1 Å². The Morgan fingerprint density at radius 2 is 1.28 bits per heavy atom. The lowest BCUT2D eigenvalue weighted by Crippen LogP contribution is -2.11. The Balaban J connectivity index is 1.90. The second-order valence-corrected chi connectivity index (χ2v) is 8.00. The van der Waals surface area contributed by atoms with Crippen LogP contribution in [-0.2, 0) is 5.41 Å². The highest BCUT2D eigenvalue weighted by molar-refractivity contribution is 5.70. The molecule has 4 rings (SSSR count). The summed E-state index contributed by atoms with van der Waals surface area (Å²) in [7, 11) is 0. The van der Waals surface area contributed by atoms with Crippen molar-refractivity contribution in [2.75, 3.05) is 0 Å². The number of benzene rings is 3. The van der Waals surface area contributed by atoms with Gasteiger partial charge in [-0.1, -0.05) is 57.2 Å². The van der Waals surface area contributed by atoms with Crippen LogP contribution in [0.4, 0.5) is 0 Å². The number of aromatic hydroxyl groups is 2. The summed E-state index contributed by atoms with van der Waals surface area (Å²) in [5.74, 6) is 1.12. The van der Waals surface area contributed by atoms with Crippen molar-refractivity contribution in [3.63, 3.8) is 0 Å². The molecule has 0 aliphatic heterocycles. The van der Waals surface area contributed by atoms with E-state index in [0.717, 1.165) is 5.69 Å². The van der Waals surface area contributed by atoms with Crippen LogP contribution in [0.1, 0.15) is 26.3 Å². The van der Waals surface area contributed by atoms with Crippen LogP contribution in [0.3, 0.4) is 0 Å². The average molecular weight is 385 g/mol. The fourth-order valence-electron chi connectivity index (χ4n) is 3.21. The van der Waals surface area contributed by atoms with E-state index in [2.05, 4.69) is 43.0 Å². The maximum absolute atomic E-state index is 10.4. The van der Waals surface area contributed by atoms with Gasteiger partial charge >= 0.3 is 0 Å². The Morgan fingerprint density at radius 3 is 1.83 bits per heavy atom. The van der Waals surface area contributed by atoms with Crippen molar-refractivity contribution in [3.8, 4) is 40.0 Å². The topological polar surface area (TPSA) is 71.2 Å². The van der Waals surface area contributed by atoms with Crippen LogP contribution >= 0.6 is 0 Å². The minimum absolute atomic E-state index is 0.0441. The molecule has 2 N–H and O–H groups in total. The molecule has 5 nitrogen and oxygen atoms in total. The molecule has 3 aromatic carbocycles. The van der Waals surface area contributed by atoms with Gasteiger partial charge < -0.3 is 10.2 Å². The monoisotopic (exact) mass is 385 g/mol. The molecule has 0 fully saturated rings. The predicted molar refractivity (Wildman–Crippen MR) is 114 cm³/mol. The third kappa shape index (κ3) is 3.59. The highest BCUT2D eigenvalue weighted by Crippen LogP contribution is 2.33. The molecule has 0 saturated carbocycles. The minimum atomic E-state index is 0.0441. The van der Waals surface area contributed by atoms with Crippen molar-refractivity contribution in [1.29, 1.82) is 0 Å². The minimum Gasteiger partial charge on any atom is -0.507 e. The van der Waals surface area contributed by atoms with Crippen LogP contribution in [0.25, 0.3) is 28.5 Å². The van der Waals surface area contributed by atoms with Gasteiger partial charge in [-0.25, -0.2) is 9.67 Å². The summed E-state index contributed by atoms with van der Waals surface area (Å²) in [5.41, 5.74) is 3.19. The van der Waals surface area contributed by atoms with Crippen molar-refractivity contribution in [2.24, 2.45) is 0 Å². The van der Waals surface area contributed by atoms with Gasteiger partial charge in [0, 0.05) is 0 Å². The first-order valence-electron chi connectivity index (χ1n) is 9.49. The highest BCUT2D eigenvalue weighted by atomic mass is 16.3. The third-order valence-corrected chi connectivity index (χ3v) is 4.87. The summed E-state index contributed by atoms with van der Waals surface area (Å²) in [6.07, 6.45) is 0. The third-order valence-electron chi connectivity index (χ3n) is 4.87. The number of phenolic OH excluding ortho intramolecular Hbond substituents is 2. The van der Waals surface area contributed by atoms with Gasteiger partial charge in [0.05, 0.1) is 16.8 Å². The zero-order valence-corrected chi connectivity index (χ0v) is 16.7. The number of rotatable bonds is 3. The van der Waals surface area contributed by atoms with Crippen LogP contribution < -0.4 is 0 Å². The molecule has 0 amide bonds.